The summed E-state index contributed by atoms with van der Waals surface area (Å²) in [6.45, 7) is 5.27. The topological polar surface area (TPSA) is 32.7 Å². The molecule has 16 heavy (non-hydrogen) atoms. The molecule has 0 saturated carbocycles. The molecule has 0 heterocycles. The van der Waals surface area contributed by atoms with Crippen molar-refractivity contribution in [2.24, 2.45) is 0 Å². The molecule has 0 aromatic heterocycles. The highest BCUT2D eigenvalue weighted by Crippen LogP contribution is 2.26. The Labute approximate surface area is 97.7 Å². The number of rotatable bonds is 5. The Hall–Kier alpha value is -1.06. The number of ether oxygens (including phenoxy) is 1. The molecule has 0 spiro atoms. The van der Waals surface area contributed by atoms with Crippen molar-refractivity contribution in [3.63, 3.8) is 0 Å². The highest BCUT2D eigenvalue weighted by molar-refractivity contribution is 5.38. The molecular formula is C13H21NO2. The lowest BCUT2D eigenvalue weighted by Crippen LogP contribution is -2.19. The molecule has 0 aliphatic carbocycles. The Balaban J connectivity index is 2.71. The van der Waals surface area contributed by atoms with Crippen LogP contribution in [0.25, 0.3) is 0 Å². The van der Waals surface area contributed by atoms with Crippen molar-refractivity contribution in [3.05, 3.63) is 29.3 Å². The van der Waals surface area contributed by atoms with E-state index in [1.807, 2.05) is 39.2 Å². The lowest BCUT2D eigenvalue weighted by molar-refractivity contribution is 0.188. The number of nitrogens with zero attached hydrogens (tertiary/aromatic N) is 1. The van der Waals surface area contributed by atoms with Crippen molar-refractivity contribution in [2.75, 3.05) is 27.2 Å². The number of benzene rings is 1. The number of likely N-dealkylation sites (N-methyl/N-ethyl adjacent to an activating group) is 1. The second-order valence-corrected chi connectivity index (χ2v) is 4.37. The summed E-state index contributed by atoms with van der Waals surface area (Å²) < 4.78 is 5.66. The van der Waals surface area contributed by atoms with E-state index in [1.165, 1.54) is 0 Å². The maximum absolute atomic E-state index is 9.65. The zero-order valence-electron chi connectivity index (χ0n) is 10.5. The van der Waals surface area contributed by atoms with Gasteiger partial charge in [-0.3, -0.25) is 0 Å². The fourth-order valence-corrected chi connectivity index (χ4v) is 1.46. The average molecular weight is 223 g/mol. The fraction of sp³-hybridized carbons (Fsp3) is 0.538. The van der Waals surface area contributed by atoms with Gasteiger partial charge in [0.25, 0.3) is 0 Å². The highest BCUT2D eigenvalue weighted by atomic mass is 16.5. The molecule has 0 saturated heterocycles. The molecule has 0 bridgehead atoms. The molecule has 0 radical (unpaired) electrons. The van der Waals surface area contributed by atoms with Crippen molar-refractivity contribution in [1.29, 1.82) is 0 Å². The molecule has 0 amide bonds. The average Bonchev–Trinajstić information content (AvgIpc) is 2.19. The van der Waals surface area contributed by atoms with E-state index in [0.29, 0.717) is 6.61 Å². The third kappa shape index (κ3) is 3.83. The van der Waals surface area contributed by atoms with Gasteiger partial charge in [0.2, 0.25) is 0 Å². The third-order valence-corrected chi connectivity index (χ3v) is 2.41. The van der Waals surface area contributed by atoms with Crippen LogP contribution in [0.4, 0.5) is 0 Å². The lowest BCUT2D eigenvalue weighted by Gasteiger charge is -2.16. The molecule has 1 aromatic rings. The molecule has 1 atom stereocenters. The molecule has 1 aromatic carbocycles. The summed E-state index contributed by atoms with van der Waals surface area (Å²) in [7, 11) is 4.02. The van der Waals surface area contributed by atoms with E-state index in [0.717, 1.165) is 23.4 Å². The minimum Gasteiger partial charge on any atom is -0.492 e. The predicted octanol–water partition coefficient (Wildman–Crippen LogP) is 1.99. The summed E-state index contributed by atoms with van der Waals surface area (Å²) in [5, 5.41) is 9.65. The number of aliphatic hydroxyl groups is 1. The van der Waals surface area contributed by atoms with Crippen molar-refractivity contribution < 1.29 is 9.84 Å². The molecule has 1 N–H and O–H groups in total. The van der Waals surface area contributed by atoms with Crippen LogP contribution in [0.1, 0.15) is 24.2 Å². The van der Waals surface area contributed by atoms with Gasteiger partial charge in [0.15, 0.2) is 0 Å². The van der Waals surface area contributed by atoms with E-state index in [1.54, 1.807) is 6.92 Å². The van der Waals surface area contributed by atoms with Gasteiger partial charge in [0.1, 0.15) is 12.4 Å². The van der Waals surface area contributed by atoms with Crippen LogP contribution in [0.5, 0.6) is 5.75 Å². The first-order chi connectivity index (χ1) is 7.50. The van der Waals surface area contributed by atoms with Crippen LogP contribution < -0.4 is 4.74 Å². The van der Waals surface area contributed by atoms with Gasteiger partial charge in [-0.05, 0) is 40.1 Å². The van der Waals surface area contributed by atoms with Crippen LogP contribution >= 0.6 is 0 Å². The van der Waals surface area contributed by atoms with Crippen molar-refractivity contribution in [2.45, 2.75) is 20.0 Å². The predicted molar refractivity (Wildman–Crippen MR) is 65.9 cm³/mol. The van der Waals surface area contributed by atoms with Crippen molar-refractivity contribution >= 4 is 0 Å². The molecular weight excluding hydrogens is 202 g/mol. The summed E-state index contributed by atoms with van der Waals surface area (Å²) in [5.41, 5.74) is 2.00. The number of aryl methyl sites for hydroxylation is 1. The van der Waals surface area contributed by atoms with Crippen LogP contribution in [0, 0.1) is 6.92 Å². The summed E-state index contributed by atoms with van der Waals surface area (Å²) in [6.07, 6.45) is -0.491. The largest absolute Gasteiger partial charge is 0.492 e. The van der Waals surface area contributed by atoms with Crippen LogP contribution in [0.3, 0.4) is 0 Å². The van der Waals surface area contributed by atoms with E-state index in [4.69, 9.17) is 4.74 Å². The molecule has 0 aliphatic heterocycles. The zero-order valence-corrected chi connectivity index (χ0v) is 10.5. The molecule has 3 heteroatoms. The van der Waals surface area contributed by atoms with Crippen molar-refractivity contribution in [3.8, 4) is 5.75 Å². The molecule has 3 nitrogen and oxygen atoms in total. The smallest absolute Gasteiger partial charge is 0.125 e. The summed E-state index contributed by atoms with van der Waals surface area (Å²) >= 11 is 0. The minimum atomic E-state index is -0.491. The van der Waals surface area contributed by atoms with E-state index in [-0.39, 0.29) is 0 Å². The molecule has 0 unspecified atom stereocenters. The van der Waals surface area contributed by atoms with Crippen LogP contribution in [0.2, 0.25) is 0 Å². The van der Waals surface area contributed by atoms with Gasteiger partial charge in [0, 0.05) is 12.1 Å². The Morgan fingerprint density at radius 1 is 1.38 bits per heavy atom. The summed E-state index contributed by atoms with van der Waals surface area (Å²) in [4.78, 5) is 2.07. The van der Waals surface area contributed by atoms with Crippen molar-refractivity contribution in [1.82, 2.24) is 4.90 Å². The standard InChI is InChI=1S/C13H21NO2/c1-10-5-6-13(12(9-10)11(2)15)16-8-7-14(3)4/h5-6,9,11,15H,7-8H2,1-4H3/t11-/m1/s1. The quantitative estimate of drug-likeness (QED) is 0.828. The van der Waals surface area contributed by atoms with E-state index < -0.39 is 6.10 Å². The van der Waals surface area contributed by atoms with Gasteiger partial charge in [0.05, 0.1) is 6.10 Å². The minimum absolute atomic E-state index is 0.491. The molecule has 1 rings (SSSR count). The maximum atomic E-state index is 9.65. The van der Waals surface area contributed by atoms with Crippen LogP contribution in [-0.4, -0.2) is 37.3 Å². The first kappa shape index (κ1) is 13.0. The Kier molecular flexibility index (Phi) is 4.77. The number of hydrogen-bond acceptors (Lipinski definition) is 3. The van der Waals surface area contributed by atoms with Gasteiger partial charge in [-0.2, -0.15) is 0 Å². The van der Waals surface area contributed by atoms with Crippen LogP contribution in [0.15, 0.2) is 18.2 Å². The van der Waals surface area contributed by atoms with E-state index in [9.17, 15) is 5.11 Å². The number of aliphatic hydroxyl groups excluding tert-OH is 1. The summed E-state index contributed by atoms with van der Waals surface area (Å²) in [6, 6.07) is 5.89. The Morgan fingerprint density at radius 2 is 2.06 bits per heavy atom. The maximum Gasteiger partial charge on any atom is 0.125 e. The van der Waals surface area contributed by atoms with E-state index in [2.05, 4.69) is 4.90 Å². The summed E-state index contributed by atoms with van der Waals surface area (Å²) in [5.74, 6) is 0.780. The number of hydrogen-bond donors (Lipinski definition) is 1. The fourth-order valence-electron chi connectivity index (χ4n) is 1.46. The molecule has 0 aliphatic rings. The Morgan fingerprint density at radius 3 is 2.62 bits per heavy atom. The lowest BCUT2D eigenvalue weighted by atomic mass is 10.1. The van der Waals surface area contributed by atoms with Gasteiger partial charge in [-0.15, -0.1) is 0 Å². The normalized spacial score (nSPS) is 12.9. The molecule has 0 fully saturated rings. The van der Waals surface area contributed by atoms with Crippen LogP contribution in [-0.2, 0) is 0 Å². The zero-order chi connectivity index (χ0) is 12.1. The Bertz CT molecular complexity index is 335. The second kappa shape index (κ2) is 5.87. The second-order valence-electron chi connectivity index (χ2n) is 4.37. The monoisotopic (exact) mass is 223 g/mol. The van der Waals surface area contributed by atoms with Gasteiger partial charge in [-0.25, -0.2) is 0 Å². The first-order valence-electron chi connectivity index (χ1n) is 5.57. The van der Waals surface area contributed by atoms with Gasteiger partial charge < -0.3 is 14.7 Å². The highest BCUT2D eigenvalue weighted by Gasteiger charge is 2.09. The SMILES string of the molecule is Cc1ccc(OCCN(C)C)c([C@@H](C)O)c1. The van der Waals surface area contributed by atoms with E-state index >= 15 is 0 Å². The molecule has 90 valence electrons. The first-order valence-corrected chi connectivity index (χ1v) is 5.57. The van der Waals surface area contributed by atoms with Gasteiger partial charge in [-0.1, -0.05) is 11.6 Å². The van der Waals surface area contributed by atoms with Gasteiger partial charge >= 0.3 is 0 Å². The third-order valence-electron chi connectivity index (χ3n) is 2.41.